The Kier molecular flexibility index (Phi) is 4.98. The third kappa shape index (κ3) is 4.02. The summed E-state index contributed by atoms with van der Waals surface area (Å²) in [6, 6.07) is 6.48. The zero-order chi connectivity index (χ0) is 19.1. The first-order chi connectivity index (χ1) is 12.1. The van der Waals surface area contributed by atoms with Crippen molar-refractivity contribution in [2.45, 2.75) is 12.5 Å². The van der Waals surface area contributed by atoms with E-state index >= 15 is 0 Å². The Morgan fingerprint density at radius 1 is 1.15 bits per heavy atom. The quantitative estimate of drug-likeness (QED) is 0.541. The Morgan fingerprint density at radius 2 is 1.77 bits per heavy atom. The van der Waals surface area contributed by atoms with Gasteiger partial charge in [0.05, 0.1) is 18.7 Å². The van der Waals surface area contributed by atoms with Gasteiger partial charge in [-0.15, -0.1) is 0 Å². The number of nitrogens with zero attached hydrogens (tertiary/aromatic N) is 2. The first kappa shape index (κ1) is 18.7. The number of benzene rings is 1. The lowest BCUT2D eigenvalue weighted by Gasteiger charge is -2.39. The summed E-state index contributed by atoms with van der Waals surface area (Å²) in [5, 5.41) is 0.101. The lowest BCUT2D eigenvalue weighted by Crippen LogP contribution is -2.58. The minimum Gasteiger partial charge on any atom is -0.435 e. The molecule has 0 N–H and O–H groups in total. The summed E-state index contributed by atoms with van der Waals surface area (Å²) in [5.74, 6) is -3.98. The van der Waals surface area contributed by atoms with Gasteiger partial charge in [0.1, 0.15) is 16.1 Å². The van der Waals surface area contributed by atoms with Crippen molar-refractivity contribution in [2.75, 3.05) is 13.1 Å². The monoisotopic (exact) mass is 408 g/mol. The molecular formula is C16H10Cl2F4N2O2. The van der Waals surface area contributed by atoms with Crippen LogP contribution in [0, 0.1) is 0 Å². The van der Waals surface area contributed by atoms with Crippen LogP contribution in [0.25, 0.3) is 11.1 Å². The topological polar surface area (TPSA) is 42.4 Å². The van der Waals surface area contributed by atoms with Crippen LogP contribution in [0.3, 0.4) is 0 Å². The molecule has 2 aromatic rings. The van der Waals surface area contributed by atoms with Crippen molar-refractivity contribution in [2.24, 2.45) is 0 Å². The van der Waals surface area contributed by atoms with Crippen LogP contribution in [-0.4, -0.2) is 41.4 Å². The van der Waals surface area contributed by atoms with E-state index in [-0.39, 0.29) is 27.2 Å². The zero-order valence-corrected chi connectivity index (χ0v) is 14.4. The maximum Gasteiger partial charge on any atom is 0.387 e. The average molecular weight is 409 g/mol. The van der Waals surface area contributed by atoms with Crippen molar-refractivity contribution in [3.05, 3.63) is 46.2 Å². The van der Waals surface area contributed by atoms with E-state index in [0.29, 0.717) is 5.56 Å². The van der Waals surface area contributed by atoms with Crippen LogP contribution in [0.4, 0.5) is 17.6 Å². The maximum absolute atomic E-state index is 13.1. The molecule has 0 atom stereocenters. The molecule has 1 fully saturated rings. The molecule has 1 aromatic carbocycles. The molecule has 2 heterocycles. The number of aromatic nitrogens is 1. The Hall–Kier alpha value is -2.06. The third-order valence-corrected chi connectivity index (χ3v) is 4.04. The minimum absolute atomic E-state index is 0.0503. The first-order valence-corrected chi connectivity index (χ1v) is 8.00. The molecule has 0 bridgehead atoms. The van der Waals surface area contributed by atoms with Crippen LogP contribution >= 0.6 is 23.2 Å². The molecule has 1 saturated heterocycles. The number of rotatable bonds is 4. The standard InChI is InChI=1S/C16H10Cl2F4N2O2/c17-12-3-8(4-13(18)23-12)10-2-1-9(26-15(19)20)5-11(10)14(25)24-6-16(21,22)7-24/h1-5,15H,6-7H2. The Morgan fingerprint density at radius 3 is 2.31 bits per heavy atom. The number of carbonyl (C=O) groups excluding carboxylic acids is 1. The molecule has 0 radical (unpaired) electrons. The molecule has 4 nitrogen and oxygen atoms in total. The number of carbonyl (C=O) groups is 1. The molecule has 1 aromatic heterocycles. The van der Waals surface area contributed by atoms with Crippen LogP contribution in [0.15, 0.2) is 30.3 Å². The van der Waals surface area contributed by atoms with E-state index in [1.165, 1.54) is 24.3 Å². The molecule has 26 heavy (non-hydrogen) atoms. The molecule has 3 rings (SSSR count). The maximum atomic E-state index is 13.1. The van der Waals surface area contributed by atoms with E-state index in [0.717, 1.165) is 11.0 Å². The number of halogens is 6. The van der Waals surface area contributed by atoms with Crippen molar-refractivity contribution in [1.82, 2.24) is 9.88 Å². The number of hydrogen-bond acceptors (Lipinski definition) is 3. The van der Waals surface area contributed by atoms with E-state index in [9.17, 15) is 22.4 Å². The fraction of sp³-hybridized carbons (Fsp3) is 0.250. The molecule has 10 heteroatoms. The van der Waals surface area contributed by atoms with Crippen LogP contribution in [0.5, 0.6) is 5.75 Å². The van der Waals surface area contributed by atoms with E-state index in [4.69, 9.17) is 23.2 Å². The summed E-state index contributed by atoms with van der Waals surface area (Å²) >= 11 is 11.7. The van der Waals surface area contributed by atoms with Crippen LogP contribution in [-0.2, 0) is 0 Å². The molecule has 138 valence electrons. The van der Waals surface area contributed by atoms with Gasteiger partial charge >= 0.3 is 6.61 Å². The van der Waals surface area contributed by atoms with E-state index in [1.54, 1.807) is 0 Å². The summed E-state index contributed by atoms with van der Waals surface area (Å²) in [6.07, 6.45) is 0. The fourth-order valence-corrected chi connectivity index (χ4v) is 3.04. The van der Waals surface area contributed by atoms with Crippen molar-refractivity contribution in [3.8, 4) is 16.9 Å². The van der Waals surface area contributed by atoms with Gasteiger partial charge in [-0.2, -0.15) is 8.78 Å². The lowest BCUT2D eigenvalue weighted by molar-refractivity contribution is -0.113. The Labute approximate surface area is 155 Å². The highest BCUT2D eigenvalue weighted by molar-refractivity contribution is 6.33. The van der Waals surface area contributed by atoms with Gasteiger partial charge in [-0.1, -0.05) is 23.2 Å². The van der Waals surface area contributed by atoms with Gasteiger partial charge in [0.2, 0.25) is 0 Å². The number of amides is 1. The summed E-state index contributed by atoms with van der Waals surface area (Å²) < 4.78 is 55.4. The summed E-state index contributed by atoms with van der Waals surface area (Å²) in [6.45, 7) is -4.59. The van der Waals surface area contributed by atoms with Crippen molar-refractivity contribution >= 4 is 29.1 Å². The number of ether oxygens (including phenoxy) is 1. The predicted molar refractivity (Wildman–Crippen MR) is 87.2 cm³/mol. The number of alkyl halides is 4. The van der Waals surface area contributed by atoms with Gasteiger partial charge in [-0.3, -0.25) is 4.79 Å². The second-order valence-corrected chi connectivity index (χ2v) is 6.38. The third-order valence-electron chi connectivity index (χ3n) is 3.65. The summed E-state index contributed by atoms with van der Waals surface area (Å²) in [4.78, 5) is 17.3. The van der Waals surface area contributed by atoms with Gasteiger partial charge in [-0.05, 0) is 41.5 Å². The fourth-order valence-electron chi connectivity index (χ4n) is 2.57. The molecule has 0 saturated carbocycles. The summed E-state index contributed by atoms with van der Waals surface area (Å²) in [5.41, 5.74) is 0.573. The largest absolute Gasteiger partial charge is 0.435 e. The number of hydrogen-bond donors (Lipinski definition) is 0. The second kappa shape index (κ2) is 6.92. The van der Waals surface area contributed by atoms with Gasteiger partial charge in [-0.25, -0.2) is 13.8 Å². The second-order valence-electron chi connectivity index (χ2n) is 5.60. The van der Waals surface area contributed by atoms with Crippen LogP contribution < -0.4 is 4.74 Å². The highest BCUT2D eigenvalue weighted by Gasteiger charge is 2.46. The van der Waals surface area contributed by atoms with E-state index < -0.39 is 31.5 Å². The van der Waals surface area contributed by atoms with Crippen LogP contribution in [0.2, 0.25) is 10.3 Å². The van der Waals surface area contributed by atoms with Gasteiger partial charge in [0, 0.05) is 0 Å². The van der Waals surface area contributed by atoms with Crippen molar-refractivity contribution in [3.63, 3.8) is 0 Å². The van der Waals surface area contributed by atoms with Gasteiger partial charge in [0.15, 0.2) is 0 Å². The molecule has 0 unspecified atom stereocenters. The zero-order valence-electron chi connectivity index (χ0n) is 12.9. The number of likely N-dealkylation sites (tertiary alicyclic amines) is 1. The SMILES string of the molecule is O=C(c1cc(OC(F)F)ccc1-c1cc(Cl)nc(Cl)c1)N1CC(F)(F)C1. The van der Waals surface area contributed by atoms with Crippen LogP contribution in [0.1, 0.15) is 10.4 Å². The van der Waals surface area contributed by atoms with Crippen molar-refractivity contribution < 1.29 is 27.1 Å². The minimum atomic E-state index is -3.10. The Balaban J connectivity index is 2.04. The van der Waals surface area contributed by atoms with Crippen molar-refractivity contribution in [1.29, 1.82) is 0 Å². The smallest absolute Gasteiger partial charge is 0.387 e. The molecule has 1 aliphatic rings. The first-order valence-electron chi connectivity index (χ1n) is 7.24. The number of pyridine rings is 1. The van der Waals surface area contributed by atoms with E-state index in [1.807, 2.05) is 0 Å². The molecular weight excluding hydrogens is 399 g/mol. The van der Waals surface area contributed by atoms with Gasteiger partial charge in [0.25, 0.3) is 11.8 Å². The predicted octanol–water partition coefficient (Wildman–Crippen LogP) is 4.75. The average Bonchev–Trinajstić information content (AvgIpc) is 2.50. The normalized spacial score (nSPS) is 15.7. The van der Waals surface area contributed by atoms with Gasteiger partial charge < -0.3 is 9.64 Å². The lowest BCUT2D eigenvalue weighted by atomic mass is 9.97. The highest BCUT2D eigenvalue weighted by atomic mass is 35.5. The molecule has 1 aliphatic heterocycles. The molecule has 0 aliphatic carbocycles. The highest BCUT2D eigenvalue weighted by Crippen LogP contribution is 2.34. The molecule has 0 spiro atoms. The Bertz CT molecular complexity index is 836. The van der Waals surface area contributed by atoms with E-state index in [2.05, 4.69) is 9.72 Å². The summed E-state index contributed by atoms with van der Waals surface area (Å²) in [7, 11) is 0. The molecule has 1 amide bonds.